The minimum atomic E-state index is 0.429. The van der Waals surface area contributed by atoms with Gasteiger partial charge >= 0.3 is 0 Å². The smallest absolute Gasteiger partial charge is 0.103 e. The molecule has 0 spiro atoms. The molecule has 78 valence electrons. The topological polar surface area (TPSA) is 39.2 Å². The molecule has 1 heterocycles. The van der Waals surface area contributed by atoms with Gasteiger partial charge in [-0.25, -0.2) is 0 Å². The Hall–Kier alpha value is -0.760. The number of hydrogen-bond donors (Lipinski definition) is 1. The third-order valence-electron chi connectivity index (χ3n) is 3.31. The Morgan fingerprint density at radius 2 is 2.21 bits per heavy atom. The van der Waals surface area contributed by atoms with Crippen LogP contribution in [0, 0.1) is 5.92 Å². The molecule has 1 aromatic rings. The lowest BCUT2D eigenvalue weighted by molar-refractivity contribution is 0.286. The van der Waals surface area contributed by atoms with Crippen molar-refractivity contribution in [3.8, 4) is 0 Å². The van der Waals surface area contributed by atoms with Crippen LogP contribution in [0.4, 0.5) is 0 Å². The first-order chi connectivity index (χ1) is 6.86. The Labute approximate surface area is 85.5 Å². The molecule has 14 heavy (non-hydrogen) atoms. The van der Waals surface area contributed by atoms with Crippen molar-refractivity contribution in [2.45, 2.75) is 44.6 Å². The van der Waals surface area contributed by atoms with Gasteiger partial charge in [0, 0.05) is 12.5 Å². The molecular formula is C12H19NO. The second kappa shape index (κ2) is 4.65. The van der Waals surface area contributed by atoms with E-state index in [-0.39, 0.29) is 0 Å². The lowest BCUT2D eigenvalue weighted by Crippen LogP contribution is -2.33. The summed E-state index contributed by atoms with van der Waals surface area (Å²) < 4.78 is 5.32. The standard InChI is InChI=1S/C12H19NO/c13-12-6-2-1-4-10(12)7-8-11-5-3-9-14-11/h3,5,9-10,12H,1-2,4,6-8,13H2. The summed E-state index contributed by atoms with van der Waals surface area (Å²) in [5, 5.41) is 0. The number of hydrogen-bond acceptors (Lipinski definition) is 2. The summed E-state index contributed by atoms with van der Waals surface area (Å²) in [6, 6.07) is 4.43. The fraction of sp³-hybridized carbons (Fsp3) is 0.667. The van der Waals surface area contributed by atoms with E-state index in [1.54, 1.807) is 6.26 Å². The molecule has 2 N–H and O–H groups in total. The number of nitrogens with two attached hydrogens (primary N) is 1. The maximum absolute atomic E-state index is 6.09. The lowest BCUT2D eigenvalue weighted by Gasteiger charge is -2.28. The van der Waals surface area contributed by atoms with Gasteiger partial charge in [-0.3, -0.25) is 0 Å². The highest BCUT2D eigenvalue weighted by Gasteiger charge is 2.21. The minimum Gasteiger partial charge on any atom is -0.469 e. The molecule has 1 fully saturated rings. The van der Waals surface area contributed by atoms with E-state index in [1.165, 1.54) is 32.1 Å². The molecule has 2 atom stereocenters. The van der Waals surface area contributed by atoms with Gasteiger partial charge in [-0.05, 0) is 37.3 Å². The van der Waals surface area contributed by atoms with Gasteiger partial charge in [0.25, 0.3) is 0 Å². The zero-order chi connectivity index (χ0) is 9.80. The van der Waals surface area contributed by atoms with Crippen molar-refractivity contribution in [3.63, 3.8) is 0 Å². The van der Waals surface area contributed by atoms with Crippen molar-refractivity contribution >= 4 is 0 Å². The van der Waals surface area contributed by atoms with E-state index >= 15 is 0 Å². The third-order valence-corrected chi connectivity index (χ3v) is 3.31. The normalized spacial score (nSPS) is 27.8. The van der Waals surface area contributed by atoms with Crippen LogP contribution in [0.15, 0.2) is 22.8 Å². The molecule has 0 aliphatic heterocycles. The molecule has 1 aliphatic rings. The fourth-order valence-corrected chi connectivity index (χ4v) is 2.38. The van der Waals surface area contributed by atoms with Gasteiger partial charge < -0.3 is 10.2 Å². The highest BCUT2D eigenvalue weighted by atomic mass is 16.3. The summed E-state index contributed by atoms with van der Waals surface area (Å²) in [5.74, 6) is 1.82. The second-order valence-electron chi connectivity index (χ2n) is 4.33. The lowest BCUT2D eigenvalue weighted by atomic mass is 9.82. The van der Waals surface area contributed by atoms with Gasteiger partial charge in [-0.15, -0.1) is 0 Å². The van der Waals surface area contributed by atoms with E-state index in [2.05, 4.69) is 0 Å². The van der Waals surface area contributed by atoms with Crippen LogP contribution >= 0.6 is 0 Å². The Bertz CT molecular complexity index is 255. The van der Waals surface area contributed by atoms with E-state index in [0.29, 0.717) is 12.0 Å². The summed E-state index contributed by atoms with van der Waals surface area (Å²) in [7, 11) is 0. The predicted molar refractivity (Wildman–Crippen MR) is 57.0 cm³/mol. The van der Waals surface area contributed by atoms with E-state index in [4.69, 9.17) is 10.2 Å². The van der Waals surface area contributed by atoms with Gasteiger partial charge in [0.05, 0.1) is 6.26 Å². The molecule has 2 nitrogen and oxygen atoms in total. The van der Waals surface area contributed by atoms with Crippen molar-refractivity contribution in [1.82, 2.24) is 0 Å². The minimum absolute atomic E-state index is 0.429. The van der Waals surface area contributed by atoms with Crippen LogP contribution in [0.5, 0.6) is 0 Å². The number of aryl methyl sites for hydroxylation is 1. The molecule has 2 unspecified atom stereocenters. The Morgan fingerprint density at radius 1 is 1.36 bits per heavy atom. The van der Waals surface area contributed by atoms with Gasteiger partial charge in [0.1, 0.15) is 5.76 Å². The van der Waals surface area contributed by atoms with Crippen LogP contribution in [0.2, 0.25) is 0 Å². The number of rotatable bonds is 3. The molecule has 1 aliphatic carbocycles. The highest BCUT2D eigenvalue weighted by Crippen LogP contribution is 2.26. The van der Waals surface area contributed by atoms with Gasteiger partial charge in [0.15, 0.2) is 0 Å². The summed E-state index contributed by atoms with van der Waals surface area (Å²) in [4.78, 5) is 0. The quantitative estimate of drug-likeness (QED) is 0.801. The summed E-state index contributed by atoms with van der Waals surface area (Å²) in [5.41, 5.74) is 6.09. The monoisotopic (exact) mass is 193 g/mol. The summed E-state index contributed by atoms with van der Waals surface area (Å²) in [6.07, 6.45) is 9.18. The van der Waals surface area contributed by atoms with E-state index in [1.807, 2.05) is 12.1 Å². The summed E-state index contributed by atoms with van der Waals surface area (Å²) in [6.45, 7) is 0. The second-order valence-corrected chi connectivity index (χ2v) is 4.33. The molecule has 2 heteroatoms. The Balaban J connectivity index is 1.79. The average Bonchev–Trinajstić information content (AvgIpc) is 2.69. The molecule has 0 aromatic carbocycles. The molecular weight excluding hydrogens is 174 g/mol. The first kappa shape index (κ1) is 9.78. The van der Waals surface area contributed by atoms with Crippen LogP contribution in [0.1, 0.15) is 37.9 Å². The van der Waals surface area contributed by atoms with Crippen molar-refractivity contribution < 1.29 is 4.42 Å². The van der Waals surface area contributed by atoms with Gasteiger partial charge in [-0.1, -0.05) is 12.8 Å². The van der Waals surface area contributed by atoms with Crippen LogP contribution < -0.4 is 5.73 Å². The highest BCUT2D eigenvalue weighted by molar-refractivity contribution is 4.98. The van der Waals surface area contributed by atoms with Crippen LogP contribution in [-0.4, -0.2) is 6.04 Å². The van der Waals surface area contributed by atoms with Gasteiger partial charge in [0.2, 0.25) is 0 Å². The van der Waals surface area contributed by atoms with Crippen LogP contribution in [0.25, 0.3) is 0 Å². The zero-order valence-corrected chi connectivity index (χ0v) is 8.61. The zero-order valence-electron chi connectivity index (χ0n) is 8.61. The van der Waals surface area contributed by atoms with Crippen molar-refractivity contribution in [2.75, 3.05) is 0 Å². The van der Waals surface area contributed by atoms with Crippen LogP contribution in [-0.2, 0) is 6.42 Å². The Morgan fingerprint density at radius 3 is 2.93 bits per heavy atom. The predicted octanol–water partition coefficient (Wildman–Crippen LogP) is 2.73. The molecule has 0 bridgehead atoms. The van der Waals surface area contributed by atoms with Crippen molar-refractivity contribution in [3.05, 3.63) is 24.2 Å². The van der Waals surface area contributed by atoms with Crippen LogP contribution in [0.3, 0.4) is 0 Å². The summed E-state index contributed by atoms with van der Waals surface area (Å²) >= 11 is 0. The maximum atomic E-state index is 6.09. The molecule has 1 aromatic heterocycles. The molecule has 1 saturated carbocycles. The van der Waals surface area contributed by atoms with Gasteiger partial charge in [-0.2, -0.15) is 0 Å². The molecule has 2 rings (SSSR count). The first-order valence-electron chi connectivity index (χ1n) is 5.64. The maximum Gasteiger partial charge on any atom is 0.103 e. The van der Waals surface area contributed by atoms with Crippen molar-refractivity contribution in [1.29, 1.82) is 0 Å². The molecule has 0 radical (unpaired) electrons. The number of furan rings is 1. The van der Waals surface area contributed by atoms with Crippen molar-refractivity contribution in [2.24, 2.45) is 11.7 Å². The average molecular weight is 193 g/mol. The van der Waals surface area contributed by atoms with E-state index in [9.17, 15) is 0 Å². The van der Waals surface area contributed by atoms with E-state index in [0.717, 1.165) is 12.2 Å². The molecule has 0 amide bonds. The van der Waals surface area contributed by atoms with E-state index < -0.39 is 0 Å². The molecule has 0 saturated heterocycles. The third kappa shape index (κ3) is 2.38. The fourth-order valence-electron chi connectivity index (χ4n) is 2.38. The first-order valence-corrected chi connectivity index (χ1v) is 5.64. The Kier molecular flexibility index (Phi) is 3.25. The SMILES string of the molecule is NC1CCCCC1CCc1ccco1. The largest absolute Gasteiger partial charge is 0.469 e.